The van der Waals surface area contributed by atoms with Crippen LogP contribution in [0.2, 0.25) is 0 Å². The number of hydrogen-bond donors (Lipinski definition) is 1. The van der Waals surface area contributed by atoms with Gasteiger partial charge in [-0.15, -0.1) is 5.10 Å². The van der Waals surface area contributed by atoms with Crippen LogP contribution >= 0.6 is 0 Å². The van der Waals surface area contributed by atoms with E-state index >= 15 is 0 Å². The van der Waals surface area contributed by atoms with Gasteiger partial charge in [0.1, 0.15) is 5.69 Å². The smallest absolute Gasteiger partial charge is 0.177 e. The first-order valence-corrected chi connectivity index (χ1v) is 8.40. The summed E-state index contributed by atoms with van der Waals surface area (Å²) in [7, 11) is 0. The molecular formula is C17H23N5O. The summed E-state index contributed by atoms with van der Waals surface area (Å²) in [5, 5.41) is 14.0. The van der Waals surface area contributed by atoms with Crippen LogP contribution in [0.5, 0.6) is 0 Å². The largest absolute Gasteiger partial charge is 0.395 e. The van der Waals surface area contributed by atoms with Crippen molar-refractivity contribution < 1.29 is 5.11 Å². The number of piperazine rings is 1. The number of aryl methyl sites for hydroxylation is 2. The number of aliphatic imine (C=N–C) groups is 1. The Morgan fingerprint density at radius 3 is 2.74 bits per heavy atom. The van der Waals surface area contributed by atoms with Gasteiger partial charge in [0.25, 0.3) is 0 Å². The van der Waals surface area contributed by atoms with E-state index < -0.39 is 0 Å². The number of aromatic nitrogens is 2. The third kappa shape index (κ3) is 2.42. The van der Waals surface area contributed by atoms with Crippen molar-refractivity contribution >= 4 is 23.7 Å². The molecule has 1 N–H and O–H groups in total. The zero-order chi connectivity index (χ0) is 15.8. The maximum Gasteiger partial charge on any atom is 0.177 e. The summed E-state index contributed by atoms with van der Waals surface area (Å²) >= 11 is 0. The Labute approximate surface area is 136 Å². The molecule has 1 saturated heterocycles. The fraction of sp³-hybridized carbons (Fsp3) is 0.529. The van der Waals surface area contributed by atoms with Gasteiger partial charge in [-0.2, -0.15) is 0 Å². The molecule has 0 atom stereocenters. The molecule has 1 aliphatic heterocycles. The zero-order valence-corrected chi connectivity index (χ0v) is 13.4. The van der Waals surface area contributed by atoms with Gasteiger partial charge < -0.3 is 10.0 Å². The zero-order valence-electron chi connectivity index (χ0n) is 13.4. The predicted molar refractivity (Wildman–Crippen MR) is 92.2 cm³/mol. The molecule has 0 spiro atoms. The molecule has 0 saturated carbocycles. The molecule has 2 aromatic heterocycles. The Balaban J connectivity index is 1.69. The minimum Gasteiger partial charge on any atom is -0.395 e. The topological polar surface area (TPSA) is 56.4 Å². The number of aliphatic hydroxyl groups is 1. The maximum atomic E-state index is 9.07. The van der Waals surface area contributed by atoms with Crippen molar-refractivity contribution in [3.63, 3.8) is 0 Å². The van der Waals surface area contributed by atoms with Crippen molar-refractivity contribution in [3.8, 4) is 0 Å². The molecule has 23 heavy (non-hydrogen) atoms. The quantitative estimate of drug-likeness (QED) is 0.864. The predicted octanol–water partition coefficient (Wildman–Crippen LogP) is 1.27. The van der Waals surface area contributed by atoms with Gasteiger partial charge in [0.2, 0.25) is 0 Å². The molecule has 2 aromatic rings. The van der Waals surface area contributed by atoms with Gasteiger partial charge in [0.05, 0.1) is 12.1 Å². The molecule has 4 rings (SSSR count). The Morgan fingerprint density at radius 1 is 1.17 bits per heavy atom. The fourth-order valence-corrected chi connectivity index (χ4v) is 3.81. The van der Waals surface area contributed by atoms with E-state index in [4.69, 9.17) is 10.2 Å². The highest BCUT2D eigenvalue weighted by molar-refractivity contribution is 5.83. The van der Waals surface area contributed by atoms with Crippen LogP contribution in [0, 0.1) is 0 Å². The Bertz CT molecular complexity index is 730. The number of aliphatic hydroxyl groups excluding tert-OH is 1. The number of anilines is 1. The average molecular weight is 313 g/mol. The van der Waals surface area contributed by atoms with Crippen LogP contribution in [0.1, 0.15) is 17.7 Å². The summed E-state index contributed by atoms with van der Waals surface area (Å²) in [5.74, 6) is 0.948. The lowest BCUT2D eigenvalue weighted by Crippen LogP contribution is -2.47. The summed E-state index contributed by atoms with van der Waals surface area (Å²) < 4.78 is 2.09. The average Bonchev–Trinajstić information content (AvgIpc) is 3.19. The minimum absolute atomic E-state index is 0.222. The van der Waals surface area contributed by atoms with Crippen LogP contribution < -0.4 is 4.90 Å². The Hall–Kier alpha value is -1.92. The molecule has 6 heteroatoms. The van der Waals surface area contributed by atoms with E-state index in [2.05, 4.69) is 38.2 Å². The second-order valence-corrected chi connectivity index (χ2v) is 6.34. The Kier molecular flexibility index (Phi) is 3.79. The van der Waals surface area contributed by atoms with Gasteiger partial charge in [-0.05, 0) is 37.6 Å². The fourth-order valence-electron chi connectivity index (χ4n) is 3.81. The summed E-state index contributed by atoms with van der Waals surface area (Å²) in [6, 6.07) is 4.35. The van der Waals surface area contributed by atoms with Crippen molar-refractivity contribution in [2.24, 2.45) is 4.99 Å². The first kappa shape index (κ1) is 14.7. The highest BCUT2D eigenvalue weighted by atomic mass is 16.3. The lowest BCUT2D eigenvalue weighted by molar-refractivity contribution is 0.188. The first-order chi connectivity index (χ1) is 11.3. The molecule has 0 radical (unpaired) electrons. The number of β-amino-alcohol motifs (C(OH)–C–C–N with tert-alkyl or cyclic N) is 1. The van der Waals surface area contributed by atoms with Gasteiger partial charge in [-0.25, -0.2) is 4.52 Å². The van der Waals surface area contributed by atoms with Crippen molar-refractivity contribution in [3.05, 3.63) is 23.4 Å². The van der Waals surface area contributed by atoms with E-state index in [9.17, 15) is 0 Å². The van der Waals surface area contributed by atoms with Crippen molar-refractivity contribution in [1.82, 2.24) is 14.5 Å². The molecule has 122 valence electrons. The lowest BCUT2D eigenvalue weighted by atomic mass is 10.2. The SMILES string of the molecule is C=Nc1c(N2CCN(CCO)CC2)nn2c3c(ccc12)CCC3. The summed E-state index contributed by atoms with van der Waals surface area (Å²) in [6.45, 7) is 8.46. The molecule has 0 bridgehead atoms. The highest BCUT2D eigenvalue weighted by Crippen LogP contribution is 2.35. The van der Waals surface area contributed by atoms with Gasteiger partial charge in [0, 0.05) is 38.4 Å². The highest BCUT2D eigenvalue weighted by Gasteiger charge is 2.25. The summed E-state index contributed by atoms with van der Waals surface area (Å²) in [5.41, 5.74) is 4.70. The van der Waals surface area contributed by atoms with E-state index in [0.29, 0.717) is 0 Å². The molecule has 0 unspecified atom stereocenters. The van der Waals surface area contributed by atoms with Gasteiger partial charge in [-0.1, -0.05) is 6.07 Å². The number of pyridine rings is 1. The summed E-state index contributed by atoms with van der Waals surface area (Å²) in [4.78, 5) is 8.87. The van der Waals surface area contributed by atoms with E-state index in [1.54, 1.807) is 0 Å². The third-order valence-electron chi connectivity index (χ3n) is 5.05. The second-order valence-electron chi connectivity index (χ2n) is 6.34. The maximum absolute atomic E-state index is 9.07. The summed E-state index contributed by atoms with van der Waals surface area (Å²) in [6.07, 6.45) is 3.45. The van der Waals surface area contributed by atoms with Crippen molar-refractivity contribution in [2.45, 2.75) is 19.3 Å². The van der Waals surface area contributed by atoms with Crippen molar-refractivity contribution in [1.29, 1.82) is 0 Å². The van der Waals surface area contributed by atoms with Crippen LogP contribution in [0.4, 0.5) is 11.5 Å². The van der Waals surface area contributed by atoms with E-state index in [1.807, 2.05) is 0 Å². The van der Waals surface area contributed by atoms with Crippen LogP contribution in [0.15, 0.2) is 17.1 Å². The first-order valence-electron chi connectivity index (χ1n) is 8.40. The molecular weight excluding hydrogens is 290 g/mol. The van der Waals surface area contributed by atoms with Gasteiger partial charge >= 0.3 is 0 Å². The number of rotatable bonds is 4. The molecule has 3 heterocycles. The number of fused-ring (bicyclic) bond motifs is 3. The number of nitrogens with zero attached hydrogens (tertiary/aromatic N) is 5. The molecule has 1 fully saturated rings. The van der Waals surface area contributed by atoms with E-state index in [0.717, 1.165) is 62.6 Å². The van der Waals surface area contributed by atoms with E-state index in [-0.39, 0.29) is 6.61 Å². The van der Waals surface area contributed by atoms with E-state index in [1.165, 1.54) is 17.7 Å². The standard InChI is InChI=1S/C17H23N5O/c1-18-16-15-6-5-13-3-2-4-14(13)22(15)19-17(16)21-9-7-20(8-10-21)11-12-23/h5-6,23H,1-4,7-12H2. The third-order valence-corrected chi connectivity index (χ3v) is 5.05. The molecule has 2 aliphatic rings. The van der Waals surface area contributed by atoms with Gasteiger partial charge in [0.15, 0.2) is 5.82 Å². The lowest BCUT2D eigenvalue weighted by Gasteiger charge is -2.34. The molecule has 0 amide bonds. The van der Waals surface area contributed by atoms with Crippen LogP contribution in [-0.4, -0.2) is 65.7 Å². The number of hydrogen-bond acceptors (Lipinski definition) is 5. The van der Waals surface area contributed by atoms with Gasteiger partial charge in [-0.3, -0.25) is 9.89 Å². The molecule has 1 aliphatic carbocycles. The minimum atomic E-state index is 0.222. The monoisotopic (exact) mass is 313 g/mol. The van der Waals surface area contributed by atoms with Crippen molar-refractivity contribution in [2.75, 3.05) is 44.2 Å². The van der Waals surface area contributed by atoms with Crippen LogP contribution in [0.25, 0.3) is 5.52 Å². The molecule has 6 nitrogen and oxygen atoms in total. The van der Waals surface area contributed by atoms with Crippen LogP contribution in [-0.2, 0) is 12.8 Å². The second kappa shape index (κ2) is 5.94. The normalized spacial score (nSPS) is 18.6. The molecule has 0 aromatic carbocycles. The van der Waals surface area contributed by atoms with Crippen LogP contribution in [0.3, 0.4) is 0 Å². The Morgan fingerprint density at radius 2 is 2.00 bits per heavy atom.